The van der Waals surface area contributed by atoms with Crippen LogP contribution in [0.15, 0.2) is 6.33 Å². The van der Waals surface area contributed by atoms with Crippen molar-refractivity contribution in [3.63, 3.8) is 0 Å². The summed E-state index contributed by atoms with van der Waals surface area (Å²) in [6, 6.07) is 0. The fraction of sp³-hybridized carbons (Fsp3) is 0.455. The predicted octanol–water partition coefficient (Wildman–Crippen LogP) is -2.43. The first-order chi connectivity index (χ1) is 9.01. The smallest absolute Gasteiger partial charge is 0.270 e. The van der Waals surface area contributed by atoms with E-state index in [2.05, 4.69) is 10.9 Å². The quantitative estimate of drug-likeness (QED) is 0.451. The van der Waals surface area contributed by atoms with Crippen molar-refractivity contribution in [1.29, 1.82) is 0 Å². The zero-order valence-electron chi connectivity index (χ0n) is 9.80. The minimum absolute atomic E-state index is 0.0438. The maximum absolute atomic E-state index is 11.1. The van der Waals surface area contributed by atoms with Gasteiger partial charge in [-0.15, -0.1) is 6.42 Å². The first kappa shape index (κ1) is 13.5. The second kappa shape index (κ2) is 4.99. The number of hydrogen-bond donors (Lipinski definition) is 4. The normalized spacial score (nSPS) is 30.2. The number of nitrogens with zero attached hydrogens (tertiary/aromatic N) is 2. The number of amides is 1. The maximum Gasteiger partial charge on any atom is 0.270 e. The van der Waals surface area contributed by atoms with Gasteiger partial charge in [0.1, 0.15) is 24.0 Å². The Balaban J connectivity index is 2.39. The first-order valence-electron chi connectivity index (χ1n) is 5.47. The van der Waals surface area contributed by atoms with Crippen molar-refractivity contribution < 1.29 is 24.9 Å². The number of carbonyl (C=O) groups excluding carboxylic acids is 1. The minimum atomic E-state index is -1.31. The molecule has 0 aromatic carbocycles. The molecule has 4 atom stereocenters. The number of rotatable bonds is 3. The Bertz CT molecular complexity index is 535. The van der Waals surface area contributed by atoms with E-state index in [1.165, 1.54) is 10.9 Å². The molecule has 0 saturated carbocycles. The van der Waals surface area contributed by atoms with Gasteiger partial charge in [0.05, 0.1) is 12.9 Å². The summed E-state index contributed by atoms with van der Waals surface area (Å²) in [5.41, 5.74) is 5.03. The van der Waals surface area contributed by atoms with E-state index in [9.17, 15) is 15.0 Å². The van der Waals surface area contributed by atoms with Gasteiger partial charge in [0.25, 0.3) is 5.91 Å². The van der Waals surface area contributed by atoms with E-state index in [1.54, 1.807) is 0 Å². The van der Waals surface area contributed by atoms with Crippen molar-refractivity contribution in [1.82, 2.24) is 9.55 Å². The van der Waals surface area contributed by atoms with Gasteiger partial charge in [0.15, 0.2) is 11.9 Å². The van der Waals surface area contributed by atoms with Crippen LogP contribution in [-0.4, -0.2) is 55.7 Å². The molecule has 1 aliphatic heterocycles. The summed E-state index contributed by atoms with van der Waals surface area (Å²) in [7, 11) is 0. The summed E-state index contributed by atoms with van der Waals surface area (Å²) in [5.74, 6) is 1.43. The molecule has 0 bridgehead atoms. The second-order valence-corrected chi connectivity index (χ2v) is 4.09. The van der Waals surface area contributed by atoms with Crippen LogP contribution in [0.5, 0.6) is 0 Å². The molecule has 0 aliphatic carbocycles. The van der Waals surface area contributed by atoms with Crippen LogP contribution in [0.2, 0.25) is 0 Å². The van der Waals surface area contributed by atoms with Crippen LogP contribution in [0.4, 0.5) is 0 Å². The summed E-state index contributed by atoms with van der Waals surface area (Å²) < 4.78 is 6.51. The Labute approximate surface area is 108 Å². The second-order valence-electron chi connectivity index (χ2n) is 4.09. The van der Waals surface area contributed by atoms with Crippen molar-refractivity contribution in [2.45, 2.75) is 24.5 Å². The lowest BCUT2D eigenvalue weighted by Crippen LogP contribution is -2.33. The standard InChI is InChI=1S/C11H13N3O5/c1-2-5-7(10(12)18)13-4-14(5)11-9(17)8(16)6(3-15)19-11/h1,4,6,8-9,11,15-17H,3H2,(H2,12,18)/t6-,8-,9-,11-/m0/s1. The monoisotopic (exact) mass is 267 g/mol. The molecule has 0 unspecified atom stereocenters. The third kappa shape index (κ3) is 2.09. The van der Waals surface area contributed by atoms with Crippen LogP contribution in [0, 0.1) is 12.3 Å². The van der Waals surface area contributed by atoms with Crippen molar-refractivity contribution in [3.8, 4) is 12.3 Å². The van der Waals surface area contributed by atoms with E-state index >= 15 is 0 Å². The summed E-state index contributed by atoms with van der Waals surface area (Å²) in [6.07, 6.45) is 1.92. The Kier molecular flexibility index (Phi) is 3.55. The molecule has 8 heteroatoms. The average Bonchev–Trinajstić information content (AvgIpc) is 2.92. The van der Waals surface area contributed by atoms with Gasteiger partial charge in [0.2, 0.25) is 0 Å². The maximum atomic E-state index is 11.1. The lowest BCUT2D eigenvalue weighted by Gasteiger charge is -2.17. The number of aliphatic hydroxyl groups excluding tert-OH is 3. The van der Waals surface area contributed by atoms with E-state index in [1.807, 2.05) is 0 Å². The summed E-state index contributed by atoms with van der Waals surface area (Å²) >= 11 is 0. The van der Waals surface area contributed by atoms with E-state index in [0.29, 0.717) is 0 Å². The van der Waals surface area contributed by atoms with Crippen molar-refractivity contribution in [2.24, 2.45) is 5.73 Å². The van der Waals surface area contributed by atoms with Gasteiger partial charge in [-0.3, -0.25) is 9.36 Å². The molecule has 0 spiro atoms. The lowest BCUT2D eigenvalue weighted by atomic mass is 10.1. The molecule has 1 fully saturated rings. The molecule has 2 heterocycles. The number of aromatic nitrogens is 2. The molecule has 1 aromatic heterocycles. The van der Waals surface area contributed by atoms with Crippen LogP contribution in [0.1, 0.15) is 22.4 Å². The number of aliphatic hydroxyl groups is 3. The highest BCUT2D eigenvalue weighted by molar-refractivity contribution is 5.93. The molecule has 5 N–H and O–H groups in total. The average molecular weight is 267 g/mol. The van der Waals surface area contributed by atoms with Crippen LogP contribution in [0.25, 0.3) is 0 Å². The predicted molar refractivity (Wildman–Crippen MR) is 61.7 cm³/mol. The summed E-state index contributed by atoms with van der Waals surface area (Å²) in [6.45, 7) is -0.461. The number of nitrogens with two attached hydrogens (primary N) is 1. The molecule has 1 aliphatic rings. The van der Waals surface area contributed by atoms with Gasteiger partial charge >= 0.3 is 0 Å². The van der Waals surface area contributed by atoms with Gasteiger partial charge in [-0.1, -0.05) is 0 Å². The third-order valence-electron chi connectivity index (χ3n) is 2.96. The van der Waals surface area contributed by atoms with Crippen molar-refractivity contribution >= 4 is 5.91 Å². The molecule has 2 rings (SSSR count). The Morgan fingerprint density at radius 3 is 2.74 bits per heavy atom. The Hall–Kier alpha value is -1.92. The molecule has 1 saturated heterocycles. The molecule has 102 valence electrons. The topological polar surface area (TPSA) is 131 Å². The molecule has 1 aromatic rings. The van der Waals surface area contributed by atoms with Gasteiger partial charge in [-0.05, 0) is 5.92 Å². The highest BCUT2D eigenvalue weighted by Gasteiger charge is 2.44. The van der Waals surface area contributed by atoms with Crippen molar-refractivity contribution in [3.05, 3.63) is 17.7 Å². The molecule has 19 heavy (non-hydrogen) atoms. The van der Waals surface area contributed by atoms with Gasteiger partial charge in [0, 0.05) is 0 Å². The molecular formula is C11H13N3O5. The summed E-state index contributed by atoms with van der Waals surface area (Å²) in [4.78, 5) is 14.9. The van der Waals surface area contributed by atoms with E-state index in [-0.39, 0.29) is 11.4 Å². The van der Waals surface area contributed by atoms with E-state index in [0.717, 1.165) is 0 Å². The Morgan fingerprint density at radius 2 is 2.26 bits per heavy atom. The minimum Gasteiger partial charge on any atom is -0.394 e. The largest absolute Gasteiger partial charge is 0.394 e. The van der Waals surface area contributed by atoms with E-state index < -0.39 is 37.1 Å². The number of terminal acetylenes is 1. The van der Waals surface area contributed by atoms with Crippen LogP contribution < -0.4 is 5.73 Å². The number of carbonyl (C=O) groups is 1. The summed E-state index contributed by atoms with van der Waals surface area (Å²) in [5, 5.41) is 28.5. The van der Waals surface area contributed by atoms with Gasteiger partial charge in [-0.25, -0.2) is 4.98 Å². The fourth-order valence-electron chi connectivity index (χ4n) is 1.99. The lowest BCUT2D eigenvalue weighted by molar-refractivity contribution is -0.0531. The molecule has 0 radical (unpaired) electrons. The van der Waals surface area contributed by atoms with Crippen LogP contribution in [0.3, 0.4) is 0 Å². The SMILES string of the molecule is C#Cc1c(C(N)=O)ncn1[C@H]1O[C@@H](CO)[C@H](O)[C@@H]1O. The number of hydrogen-bond acceptors (Lipinski definition) is 6. The first-order valence-corrected chi connectivity index (χ1v) is 5.47. The highest BCUT2D eigenvalue weighted by Crippen LogP contribution is 2.30. The van der Waals surface area contributed by atoms with Crippen molar-refractivity contribution in [2.75, 3.05) is 6.61 Å². The molecule has 8 nitrogen and oxygen atoms in total. The third-order valence-corrected chi connectivity index (χ3v) is 2.96. The number of imidazole rings is 1. The Morgan fingerprint density at radius 1 is 1.58 bits per heavy atom. The molecular weight excluding hydrogens is 254 g/mol. The number of primary amides is 1. The zero-order valence-corrected chi connectivity index (χ0v) is 9.80. The fourth-order valence-corrected chi connectivity index (χ4v) is 1.99. The van der Waals surface area contributed by atoms with Crippen LogP contribution in [-0.2, 0) is 4.74 Å². The number of ether oxygens (including phenoxy) is 1. The highest BCUT2D eigenvalue weighted by atomic mass is 16.6. The van der Waals surface area contributed by atoms with Crippen LogP contribution >= 0.6 is 0 Å². The zero-order chi connectivity index (χ0) is 14.2. The van der Waals surface area contributed by atoms with Gasteiger partial charge in [-0.2, -0.15) is 0 Å². The van der Waals surface area contributed by atoms with E-state index in [4.69, 9.17) is 22.0 Å². The van der Waals surface area contributed by atoms with Gasteiger partial charge < -0.3 is 25.8 Å². The molecule has 1 amide bonds.